The summed E-state index contributed by atoms with van der Waals surface area (Å²) in [6.07, 6.45) is 3.42. The Labute approximate surface area is 191 Å². The van der Waals surface area contributed by atoms with Gasteiger partial charge in [-0.25, -0.2) is 19.2 Å². The van der Waals surface area contributed by atoms with Crippen molar-refractivity contribution in [1.29, 1.82) is 0 Å². The molecule has 0 fully saturated rings. The number of ether oxygens (including phenoxy) is 1. The van der Waals surface area contributed by atoms with Crippen molar-refractivity contribution in [3.63, 3.8) is 0 Å². The van der Waals surface area contributed by atoms with E-state index in [9.17, 15) is 9.59 Å². The van der Waals surface area contributed by atoms with Gasteiger partial charge in [-0.05, 0) is 31.4 Å². The molecule has 1 amide bonds. The van der Waals surface area contributed by atoms with E-state index < -0.39 is 17.4 Å². The summed E-state index contributed by atoms with van der Waals surface area (Å²) < 4.78 is 23.6. The molecule has 0 unspecified atom stereocenters. The zero-order valence-electron chi connectivity index (χ0n) is 19.7. The Morgan fingerprint density at radius 2 is 1.82 bits per heavy atom. The van der Waals surface area contributed by atoms with E-state index in [2.05, 4.69) is 34.2 Å². The topological polar surface area (TPSA) is 104 Å². The summed E-state index contributed by atoms with van der Waals surface area (Å²) in [5.41, 5.74) is -0.622. The Kier molecular flexibility index (Phi) is 7.25. The van der Waals surface area contributed by atoms with E-state index in [1.807, 2.05) is 20.8 Å². The van der Waals surface area contributed by atoms with Crippen LogP contribution in [0.3, 0.4) is 0 Å². The van der Waals surface area contributed by atoms with Gasteiger partial charge in [-0.15, -0.1) is 5.10 Å². The van der Waals surface area contributed by atoms with Gasteiger partial charge in [0.1, 0.15) is 23.1 Å². The molecule has 3 rings (SSSR count). The summed E-state index contributed by atoms with van der Waals surface area (Å²) in [7, 11) is 1.59. The van der Waals surface area contributed by atoms with Crippen molar-refractivity contribution in [2.45, 2.75) is 53.1 Å². The lowest BCUT2D eigenvalue weighted by molar-refractivity contribution is 0.101. The maximum absolute atomic E-state index is 15.2. The third kappa shape index (κ3) is 5.44. The van der Waals surface area contributed by atoms with E-state index in [1.54, 1.807) is 13.1 Å². The van der Waals surface area contributed by atoms with Gasteiger partial charge in [-0.1, -0.05) is 27.7 Å². The van der Waals surface area contributed by atoms with Crippen LogP contribution < -0.4 is 15.7 Å². The molecular formula is C23H29FN6O3. The summed E-state index contributed by atoms with van der Waals surface area (Å²) in [5, 5.41) is 6.84. The van der Waals surface area contributed by atoms with Crippen LogP contribution in [0.25, 0.3) is 5.69 Å². The SMILES string of the molecule is CC(C)C[C@H](C)Oc1cc(-n2nc(C(C)C)n(C)c2=O)c(F)cc1C(=O)Nc1ncccn1. The molecule has 3 aromatic rings. The first-order valence-electron chi connectivity index (χ1n) is 10.8. The number of carbonyl (C=O) groups excluding carboxylic acids is 1. The van der Waals surface area contributed by atoms with Gasteiger partial charge in [-0.2, -0.15) is 4.68 Å². The fourth-order valence-corrected chi connectivity index (χ4v) is 3.55. The van der Waals surface area contributed by atoms with Crippen molar-refractivity contribution >= 4 is 11.9 Å². The minimum atomic E-state index is -0.784. The Hall–Kier alpha value is -3.56. The molecule has 9 nitrogen and oxygen atoms in total. The molecule has 2 aromatic heterocycles. The number of aromatic nitrogens is 5. The number of nitrogens with zero attached hydrogens (tertiary/aromatic N) is 5. The lowest BCUT2D eigenvalue weighted by Gasteiger charge is -2.19. The molecule has 0 aliphatic heterocycles. The zero-order chi connectivity index (χ0) is 24.3. The molecule has 0 aliphatic carbocycles. The summed E-state index contributed by atoms with van der Waals surface area (Å²) in [6, 6.07) is 3.99. The smallest absolute Gasteiger partial charge is 0.350 e. The van der Waals surface area contributed by atoms with Crippen LogP contribution in [0.2, 0.25) is 0 Å². The molecule has 1 N–H and O–H groups in total. The second kappa shape index (κ2) is 9.93. The highest BCUT2D eigenvalue weighted by atomic mass is 19.1. The number of amides is 1. The van der Waals surface area contributed by atoms with Gasteiger partial charge in [0.05, 0.1) is 11.7 Å². The maximum atomic E-state index is 15.2. The quantitative estimate of drug-likeness (QED) is 0.554. The van der Waals surface area contributed by atoms with Gasteiger partial charge >= 0.3 is 5.69 Å². The molecule has 1 atom stereocenters. The molecule has 33 heavy (non-hydrogen) atoms. The normalized spacial score (nSPS) is 12.3. The van der Waals surface area contributed by atoms with Crippen LogP contribution in [0.15, 0.2) is 35.4 Å². The number of halogens is 1. The number of hydrogen-bond acceptors (Lipinski definition) is 6. The third-order valence-corrected chi connectivity index (χ3v) is 4.98. The Morgan fingerprint density at radius 1 is 1.15 bits per heavy atom. The third-order valence-electron chi connectivity index (χ3n) is 4.98. The summed E-state index contributed by atoms with van der Waals surface area (Å²) in [6.45, 7) is 9.76. The number of anilines is 1. The summed E-state index contributed by atoms with van der Waals surface area (Å²) >= 11 is 0. The summed E-state index contributed by atoms with van der Waals surface area (Å²) in [4.78, 5) is 33.6. The minimum absolute atomic E-state index is 0.0348. The largest absolute Gasteiger partial charge is 0.490 e. The van der Waals surface area contributed by atoms with Gasteiger partial charge in [0, 0.05) is 31.4 Å². The van der Waals surface area contributed by atoms with Crippen LogP contribution in [0.4, 0.5) is 10.3 Å². The lowest BCUT2D eigenvalue weighted by Crippen LogP contribution is -2.24. The van der Waals surface area contributed by atoms with E-state index in [-0.39, 0.29) is 35.0 Å². The molecular weight excluding hydrogens is 427 g/mol. The molecule has 176 valence electrons. The second-order valence-corrected chi connectivity index (χ2v) is 8.65. The highest BCUT2D eigenvalue weighted by molar-refractivity contribution is 6.05. The van der Waals surface area contributed by atoms with E-state index in [0.717, 1.165) is 17.2 Å². The predicted molar refractivity (Wildman–Crippen MR) is 122 cm³/mol. The van der Waals surface area contributed by atoms with Crippen LogP contribution in [-0.4, -0.2) is 36.3 Å². The predicted octanol–water partition coefficient (Wildman–Crippen LogP) is 3.69. The average molecular weight is 457 g/mol. The number of nitrogens with one attached hydrogen (secondary N) is 1. The fraction of sp³-hybridized carbons (Fsp3) is 0.435. The molecule has 0 bridgehead atoms. The highest BCUT2D eigenvalue weighted by Crippen LogP contribution is 2.28. The molecule has 2 heterocycles. The fourth-order valence-electron chi connectivity index (χ4n) is 3.55. The number of carbonyl (C=O) groups is 1. The monoisotopic (exact) mass is 456 g/mol. The molecule has 10 heteroatoms. The van der Waals surface area contributed by atoms with Crippen molar-refractivity contribution in [1.82, 2.24) is 24.3 Å². The first-order valence-corrected chi connectivity index (χ1v) is 10.8. The van der Waals surface area contributed by atoms with Gasteiger partial charge in [0.25, 0.3) is 5.91 Å². The molecule has 0 spiro atoms. The van der Waals surface area contributed by atoms with Crippen LogP contribution in [-0.2, 0) is 7.05 Å². The van der Waals surface area contributed by atoms with Crippen LogP contribution in [0.1, 0.15) is 63.1 Å². The van der Waals surface area contributed by atoms with Gasteiger partial charge in [0.15, 0.2) is 0 Å². The lowest BCUT2D eigenvalue weighted by atomic mass is 10.1. The van der Waals surface area contributed by atoms with Gasteiger partial charge < -0.3 is 4.74 Å². The average Bonchev–Trinajstić information content (AvgIpc) is 3.04. The van der Waals surface area contributed by atoms with E-state index in [4.69, 9.17) is 4.74 Å². The first-order chi connectivity index (χ1) is 15.6. The molecule has 0 radical (unpaired) electrons. The Bertz CT molecular complexity index is 1190. The number of hydrogen-bond donors (Lipinski definition) is 1. The van der Waals surface area contributed by atoms with Crippen molar-refractivity contribution in [2.75, 3.05) is 5.32 Å². The van der Waals surface area contributed by atoms with Gasteiger partial charge in [-0.3, -0.25) is 14.7 Å². The molecule has 0 aliphatic rings. The Morgan fingerprint density at radius 3 is 2.39 bits per heavy atom. The number of rotatable bonds is 8. The molecule has 0 saturated carbocycles. The number of benzene rings is 1. The van der Waals surface area contributed by atoms with E-state index in [0.29, 0.717) is 11.7 Å². The van der Waals surface area contributed by atoms with Crippen LogP contribution >= 0.6 is 0 Å². The Balaban J connectivity index is 2.09. The first kappa shape index (κ1) is 24.1. The molecule has 0 saturated heterocycles. The van der Waals surface area contributed by atoms with Crippen LogP contribution in [0.5, 0.6) is 5.75 Å². The highest BCUT2D eigenvalue weighted by Gasteiger charge is 2.23. The van der Waals surface area contributed by atoms with Gasteiger partial charge in [0.2, 0.25) is 5.95 Å². The van der Waals surface area contributed by atoms with Crippen molar-refractivity contribution in [3.8, 4) is 11.4 Å². The van der Waals surface area contributed by atoms with Crippen molar-refractivity contribution in [2.24, 2.45) is 13.0 Å². The zero-order valence-corrected chi connectivity index (χ0v) is 19.7. The second-order valence-electron chi connectivity index (χ2n) is 8.65. The van der Waals surface area contributed by atoms with Crippen molar-refractivity contribution < 1.29 is 13.9 Å². The standard InChI is InChI=1S/C23H29FN6O3/c1-13(2)10-15(5)33-19-12-18(30-23(32)29(6)20(28-30)14(3)4)17(24)11-16(19)21(31)27-22-25-8-7-9-26-22/h7-9,11-15H,10H2,1-6H3,(H,25,26,27,31)/t15-/m0/s1. The summed E-state index contributed by atoms with van der Waals surface area (Å²) in [5.74, 6) is -0.375. The van der Waals surface area contributed by atoms with Crippen molar-refractivity contribution in [3.05, 3.63) is 58.3 Å². The van der Waals surface area contributed by atoms with E-state index in [1.165, 1.54) is 23.0 Å². The molecule has 1 aromatic carbocycles. The van der Waals surface area contributed by atoms with E-state index >= 15 is 4.39 Å². The minimum Gasteiger partial charge on any atom is -0.490 e. The van der Waals surface area contributed by atoms with Crippen LogP contribution in [0, 0.1) is 11.7 Å². The maximum Gasteiger partial charge on any atom is 0.350 e.